The molecule has 0 spiro atoms. The molecule has 0 aliphatic heterocycles. The molecule has 1 aliphatic carbocycles. The third kappa shape index (κ3) is 6.85. The lowest BCUT2D eigenvalue weighted by atomic mass is 9.89. The lowest BCUT2D eigenvalue weighted by Gasteiger charge is -2.24. The van der Waals surface area contributed by atoms with Crippen LogP contribution in [0.25, 0.3) is 11.3 Å². The van der Waals surface area contributed by atoms with E-state index in [9.17, 15) is 13.2 Å². The van der Waals surface area contributed by atoms with Gasteiger partial charge in [0.05, 0.1) is 4.90 Å². The monoisotopic (exact) mass is 487 g/mol. The molecule has 0 amide bonds. The average Bonchev–Trinajstić information content (AvgIpc) is 3.01. The van der Waals surface area contributed by atoms with Gasteiger partial charge in [0.2, 0.25) is 0 Å². The maximum atomic E-state index is 13.2. The van der Waals surface area contributed by atoms with E-state index in [1.165, 1.54) is 50.1 Å². The van der Waals surface area contributed by atoms with Crippen LogP contribution in [0.15, 0.2) is 34.1 Å². The highest BCUT2D eigenvalue weighted by Gasteiger charge is 2.33. The van der Waals surface area contributed by atoms with E-state index in [0.29, 0.717) is 16.4 Å². The van der Waals surface area contributed by atoms with Gasteiger partial charge in [0.1, 0.15) is 5.75 Å². The fourth-order valence-corrected chi connectivity index (χ4v) is 5.22. The second-order valence-electron chi connectivity index (χ2n) is 9.38. The van der Waals surface area contributed by atoms with Crippen molar-refractivity contribution in [2.24, 2.45) is 11.1 Å². The summed E-state index contributed by atoms with van der Waals surface area (Å²) in [6.07, 6.45) is 1.33. The number of nitrogens with two attached hydrogens (primary N) is 1. The number of nitrogens with one attached hydrogen (secondary N) is 1. The molecule has 9 heteroatoms. The maximum Gasteiger partial charge on any atom is 0.573 e. The van der Waals surface area contributed by atoms with Crippen LogP contribution in [-0.2, 0) is 6.54 Å². The SMILES string of the molecule is Cc1c(SN)cc(-c2ccc(SNC(C)(C)C)c(OC(F)(F)F)c2)n1CC1CCCCC1. The molecule has 3 rings (SSSR count). The van der Waals surface area contributed by atoms with E-state index in [2.05, 4.69) is 14.0 Å². The van der Waals surface area contributed by atoms with Crippen molar-refractivity contribution >= 4 is 23.9 Å². The van der Waals surface area contributed by atoms with Crippen LogP contribution >= 0.6 is 23.9 Å². The Balaban J connectivity index is 1.99. The number of hydrogen-bond acceptors (Lipinski definition) is 5. The molecule has 32 heavy (non-hydrogen) atoms. The predicted molar refractivity (Wildman–Crippen MR) is 127 cm³/mol. The van der Waals surface area contributed by atoms with Gasteiger partial charge in [0, 0.05) is 33.9 Å². The van der Waals surface area contributed by atoms with Gasteiger partial charge in [0.25, 0.3) is 0 Å². The second-order valence-corrected chi connectivity index (χ2v) is 10.9. The van der Waals surface area contributed by atoms with Crippen molar-refractivity contribution in [3.63, 3.8) is 0 Å². The van der Waals surface area contributed by atoms with Gasteiger partial charge < -0.3 is 9.30 Å². The van der Waals surface area contributed by atoms with Crippen LogP contribution in [0.5, 0.6) is 5.75 Å². The molecule has 1 aromatic carbocycles. The van der Waals surface area contributed by atoms with Crippen LogP contribution in [0.3, 0.4) is 0 Å². The Morgan fingerprint density at radius 2 is 1.78 bits per heavy atom. The molecule has 0 atom stereocenters. The first kappa shape index (κ1) is 25.3. The molecular weight excluding hydrogens is 455 g/mol. The summed E-state index contributed by atoms with van der Waals surface area (Å²) in [7, 11) is 0. The van der Waals surface area contributed by atoms with E-state index in [1.807, 2.05) is 39.8 Å². The normalized spacial score (nSPS) is 15.9. The molecule has 2 aromatic rings. The summed E-state index contributed by atoms with van der Waals surface area (Å²) in [4.78, 5) is 1.32. The number of hydrogen-bond donors (Lipinski definition) is 2. The Hall–Kier alpha value is -1.29. The zero-order chi connectivity index (χ0) is 23.5. The summed E-state index contributed by atoms with van der Waals surface area (Å²) in [6.45, 7) is 8.72. The van der Waals surface area contributed by atoms with Gasteiger partial charge in [-0.2, -0.15) is 0 Å². The third-order valence-corrected chi connectivity index (χ3v) is 7.48. The number of halogens is 3. The van der Waals surface area contributed by atoms with Crippen molar-refractivity contribution < 1.29 is 17.9 Å². The molecule has 0 saturated heterocycles. The van der Waals surface area contributed by atoms with E-state index in [-0.39, 0.29) is 11.3 Å². The topological polar surface area (TPSA) is 52.2 Å². The van der Waals surface area contributed by atoms with Crippen molar-refractivity contribution in [2.45, 2.75) is 88.0 Å². The van der Waals surface area contributed by atoms with E-state index in [4.69, 9.17) is 5.14 Å². The molecule has 1 aliphatic rings. The van der Waals surface area contributed by atoms with Gasteiger partial charge in [-0.25, -0.2) is 0 Å². The smallest absolute Gasteiger partial charge is 0.405 e. The third-order valence-electron chi connectivity index (χ3n) is 5.54. The zero-order valence-electron chi connectivity index (χ0n) is 19.0. The van der Waals surface area contributed by atoms with Gasteiger partial charge in [-0.05, 0) is 88.5 Å². The molecule has 1 heterocycles. The largest absolute Gasteiger partial charge is 0.573 e. The predicted octanol–water partition coefficient (Wildman–Crippen LogP) is 7.30. The summed E-state index contributed by atoms with van der Waals surface area (Å²) in [5.74, 6) is 0.364. The summed E-state index contributed by atoms with van der Waals surface area (Å²) in [5.41, 5.74) is 2.33. The molecule has 178 valence electrons. The summed E-state index contributed by atoms with van der Waals surface area (Å²) in [5, 5.41) is 5.88. The fraction of sp³-hybridized carbons (Fsp3) is 0.565. The summed E-state index contributed by atoms with van der Waals surface area (Å²) < 4.78 is 49.3. The van der Waals surface area contributed by atoms with Crippen molar-refractivity contribution in [1.82, 2.24) is 9.29 Å². The zero-order valence-corrected chi connectivity index (χ0v) is 20.6. The highest BCUT2D eigenvalue weighted by molar-refractivity contribution is 7.97. The van der Waals surface area contributed by atoms with Crippen LogP contribution in [0.4, 0.5) is 13.2 Å². The highest BCUT2D eigenvalue weighted by Crippen LogP contribution is 2.39. The number of aromatic nitrogens is 1. The molecular formula is C23H32F3N3OS2. The first-order valence-electron chi connectivity index (χ1n) is 10.9. The number of nitrogens with zero attached hydrogens (tertiary/aromatic N) is 1. The van der Waals surface area contributed by atoms with Crippen LogP contribution in [0.2, 0.25) is 0 Å². The summed E-state index contributed by atoms with van der Waals surface area (Å²) in [6, 6.07) is 6.99. The van der Waals surface area contributed by atoms with Crippen molar-refractivity contribution in [1.29, 1.82) is 0 Å². The van der Waals surface area contributed by atoms with E-state index < -0.39 is 6.36 Å². The number of alkyl halides is 3. The van der Waals surface area contributed by atoms with Gasteiger partial charge in [-0.3, -0.25) is 9.86 Å². The molecule has 1 saturated carbocycles. The van der Waals surface area contributed by atoms with Crippen LogP contribution in [0, 0.1) is 12.8 Å². The van der Waals surface area contributed by atoms with Gasteiger partial charge in [-0.1, -0.05) is 25.3 Å². The minimum absolute atomic E-state index is 0.207. The second kappa shape index (κ2) is 10.3. The minimum Gasteiger partial charge on any atom is -0.405 e. The Bertz CT molecular complexity index is 916. The standard InChI is InChI=1S/C23H32F3N3OS2/c1-15-21(31-27)13-18(29(15)14-16-8-6-5-7-9-16)17-10-11-20(32-28-22(2,3)4)19(12-17)30-23(24,25)26/h10-13,16,28H,5-9,14,27H2,1-4H3. The van der Waals surface area contributed by atoms with Crippen molar-refractivity contribution in [3.05, 3.63) is 30.0 Å². The van der Waals surface area contributed by atoms with Crippen LogP contribution in [0.1, 0.15) is 58.6 Å². The molecule has 0 unspecified atom stereocenters. The van der Waals surface area contributed by atoms with Crippen LogP contribution < -0.4 is 14.6 Å². The molecule has 1 fully saturated rings. The van der Waals surface area contributed by atoms with Crippen molar-refractivity contribution in [2.75, 3.05) is 0 Å². The molecule has 1 aromatic heterocycles. The first-order chi connectivity index (χ1) is 15.0. The lowest BCUT2D eigenvalue weighted by Crippen LogP contribution is -2.30. The van der Waals surface area contributed by atoms with Gasteiger partial charge in [0.15, 0.2) is 0 Å². The minimum atomic E-state index is -4.77. The van der Waals surface area contributed by atoms with E-state index in [0.717, 1.165) is 34.8 Å². The van der Waals surface area contributed by atoms with Crippen LogP contribution in [-0.4, -0.2) is 16.5 Å². The number of rotatable bonds is 7. The molecule has 0 radical (unpaired) electrons. The highest BCUT2D eigenvalue weighted by atomic mass is 32.2. The van der Waals surface area contributed by atoms with E-state index >= 15 is 0 Å². The molecule has 3 N–H and O–H groups in total. The van der Waals surface area contributed by atoms with Gasteiger partial charge in [-0.15, -0.1) is 13.2 Å². The first-order valence-corrected chi connectivity index (χ1v) is 12.6. The summed E-state index contributed by atoms with van der Waals surface area (Å²) >= 11 is 2.31. The Labute approximate surface area is 197 Å². The fourth-order valence-electron chi connectivity index (χ4n) is 4.01. The average molecular weight is 488 g/mol. The number of benzene rings is 1. The number of ether oxygens (including phenoxy) is 1. The van der Waals surface area contributed by atoms with E-state index in [1.54, 1.807) is 6.07 Å². The quantitative estimate of drug-likeness (QED) is 0.401. The van der Waals surface area contributed by atoms with Gasteiger partial charge >= 0.3 is 6.36 Å². The lowest BCUT2D eigenvalue weighted by molar-refractivity contribution is -0.275. The molecule has 4 nitrogen and oxygen atoms in total. The van der Waals surface area contributed by atoms with Crippen molar-refractivity contribution in [3.8, 4) is 17.0 Å². The molecule has 0 bridgehead atoms. The Morgan fingerprint density at radius 3 is 2.38 bits per heavy atom. The maximum absolute atomic E-state index is 13.2. The Morgan fingerprint density at radius 1 is 1.09 bits per heavy atom. The Kier molecular flexibility index (Phi) is 8.17.